The van der Waals surface area contributed by atoms with Crippen LogP contribution in [0, 0.1) is 0 Å². The lowest BCUT2D eigenvalue weighted by molar-refractivity contribution is 0.0594. The predicted molar refractivity (Wildman–Crippen MR) is 59.1 cm³/mol. The molecular weight excluding hydrogens is 210 g/mol. The Hall–Kier alpha value is -1.56. The number of carbonyl (C=O) groups is 1. The van der Waals surface area contributed by atoms with Crippen molar-refractivity contribution in [1.82, 2.24) is 9.78 Å². The molecule has 0 spiro atoms. The summed E-state index contributed by atoms with van der Waals surface area (Å²) in [4.78, 5) is 11.2. The van der Waals surface area contributed by atoms with Gasteiger partial charge in [-0.1, -0.05) is 0 Å². The van der Waals surface area contributed by atoms with E-state index < -0.39 is 5.97 Å². The highest BCUT2D eigenvalue weighted by Crippen LogP contribution is 2.10. The first kappa shape index (κ1) is 12.5. The van der Waals surface area contributed by atoms with Crippen molar-refractivity contribution < 1.29 is 14.3 Å². The summed E-state index contributed by atoms with van der Waals surface area (Å²) in [5.74, 6) is -0.513. The van der Waals surface area contributed by atoms with Gasteiger partial charge in [0.2, 0.25) is 0 Å². The molecule has 16 heavy (non-hydrogen) atoms. The van der Waals surface area contributed by atoms with E-state index in [1.807, 2.05) is 6.92 Å². The van der Waals surface area contributed by atoms with Gasteiger partial charge in [0.25, 0.3) is 0 Å². The van der Waals surface area contributed by atoms with Gasteiger partial charge >= 0.3 is 5.97 Å². The summed E-state index contributed by atoms with van der Waals surface area (Å²) in [5.41, 5.74) is 6.13. The zero-order chi connectivity index (χ0) is 12.0. The molecule has 1 aromatic heterocycles. The topological polar surface area (TPSA) is 79.4 Å². The normalized spacial score (nSPS) is 10.4. The maximum Gasteiger partial charge on any atom is 0.360 e. The molecule has 2 N–H and O–H groups in total. The Bertz CT molecular complexity index is 349. The van der Waals surface area contributed by atoms with Gasteiger partial charge in [0.1, 0.15) is 0 Å². The van der Waals surface area contributed by atoms with Crippen LogP contribution < -0.4 is 5.73 Å². The highest BCUT2D eigenvalue weighted by molar-refractivity contribution is 5.92. The Balaban J connectivity index is 2.52. The summed E-state index contributed by atoms with van der Waals surface area (Å²) >= 11 is 0. The Morgan fingerprint density at radius 3 is 3.00 bits per heavy atom. The number of nitrogen functional groups attached to an aromatic ring is 1. The van der Waals surface area contributed by atoms with Crippen LogP contribution in [0.15, 0.2) is 6.20 Å². The third-order valence-corrected chi connectivity index (χ3v) is 2.05. The molecule has 1 heterocycles. The highest BCUT2D eigenvalue weighted by Gasteiger charge is 2.14. The van der Waals surface area contributed by atoms with Crippen LogP contribution >= 0.6 is 0 Å². The van der Waals surface area contributed by atoms with Crippen LogP contribution in [0.2, 0.25) is 0 Å². The summed E-state index contributed by atoms with van der Waals surface area (Å²) in [5, 5.41) is 4.04. The maximum absolute atomic E-state index is 11.2. The second-order valence-corrected chi connectivity index (χ2v) is 3.24. The average molecular weight is 227 g/mol. The number of aromatic nitrogens is 2. The van der Waals surface area contributed by atoms with Crippen LogP contribution in [0.5, 0.6) is 0 Å². The lowest BCUT2D eigenvalue weighted by atomic mass is 10.4. The van der Waals surface area contributed by atoms with Crippen LogP contribution in [0.1, 0.15) is 23.8 Å². The zero-order valence-corrected chi connectivity index (χ0v) is 9.60. The SMILES string of the molecule is CCOCCCn1cc(N)c(C(=O)OC)n1. The number of carbonyl (C=O) groups excluding carboxylic acids is 1. The van der Waals surface area contributed by atoms with Crippen LogP contribution in [0.3, 0.4) is 0 Å². The molecule has 0 aliphatic rings. The molecule has 90 valence electrons. The molecule has 0 amide bonds. The van der Waals surface area contributed by atoms with Crippen molar-refractivity contribution >= 4 is 11.7 Å². The third kappa shape index (κ3) is 3.23. The summed E-state index contributed by atoms with van der Waals surface area (Å²) in [7, 11) is 1.30. The smallest absolute Gasteiger partial charge is 0.360 e. The molecular formula is C10H17N3O3. The third-order valence-electron chi connectivity index (χ3n) is 2.05. The highest BCUT2D eigenvalue weighted by atomic mass is 16.5. The number of methoxy groups -OCH3 is 1. The monoisotopic (exact) mass is 227 g/mol. The van der Waals surface area contributed by atoms with Gasteiger partial charge < -0.3 is 15.2 Å². The van der Waals surface area contributed by atoms with Gasteiger partial charge in [-0.05, 0) is 13.3 Å². The second-order valence-electron chi connectivity index (χ2n) is 3.24. The van der Waals surface area contributed by atoms with Crippen molar-refractivity contribution in [3.05, 3.63) is 11.9 Å². The lowest BCUT2D eigenvalue weighted by Crippen LogP contribution is -2.07. The van der Waals surface area contributed by atoms with Crippen LogP contribution in [0.25, 0.3) is 0 Å². The molecule has 0 bridgehead atoms. The van der Waals surface area contributed by atoms with Gasteiger partial charge in [-0.25, -0.2) is 4.79 Å². The van der Waals surface area contributed by atoms with E-state index in [0.29, 0.717) is 25.4 Å². The van der Waals surface area contributed by atoms with Gasteiger partial charge in [-0.15, -0.1) is 0 Å². The van der Waals surface area contributed by atoms with Crippen LogP contribution in [-0.2, 0) is 16.0 Å². The molecule has 6 heteroatoms. The maximum atomic E-state index is 11.2. The number of nitrogens with zero attached hydrogens (tertiary/aromatic N) is 2. The Labute approximate surface area is 94.3 Å². The molecule has 0 unspecified atom stereocenters. The van der Waals surface area contributed by atoms with Crippen molar-refractivity contribution in [3.63, 3.8) is 0 Å². The number of nitrogens with two attached hydrogens (primary N) is 1. The van der Waals surface area contributed by atoms with E-state index in [9.17, 15) is 4.79 Å². The molecule has 0 aliphatic heterocycles. The zero-order valence-electron chi connectivity index (χ0n) is 9.60. The Kier molecular flexibility index (Phi) is 4.78. The van der Waals surface area contributed by atoms with Crippen molar-refractivity contribution in [2.75, 3.05) is 26.1 Å². The van der Waals surface area contributed by atoms with E-state index in [0.717, 1.165) is 6.42 Å². The lowest BCUT2D eigenvalue weighted by Gasteiger charge is -2.01. The van der Waals surface area contributed by atoms with Gasteiger partial charge in [-0.2, -0.15) is 5.10 Å². The molecule has 1 aromatic rings. The van der Waals surface area contributed by atoms with Crippen molar-refractivity contribution in [2.45, 2.75) is 19.9 Å². The van der Waals surface area contributed by atoms with Crippen molar-refractivity contribution in [3.8, 4) is 0 Å². The second kappa shape index (κ2) is 6.12. The van der Waals surface area contributed by atoms with E-state index in [2.05, 4.69) is 9.84 Å². The summed E-state index contributed by atoms with van der Waals surface area (Å²) < 4.78 is 11.4. The first-order chi connectivity index (χ1) is 7.69. The molecule has 0 saturated heterocycles. The minimum Gasteiger partial charge on any atom is -0.464 e. The number of aryl methyl sites for hydroxylation is 1. The molecule has 6 nitrogen and oxygen atoms in total. The molecule has 0 aromatic carbocycles. The molecule has 0 radical (unpaired) electrons. The van der Waals surface area contributed by atoms with Gasteiger partial charge in [0.05, 0.1) is 12.8 Å². The largest absolute Gasteiger partial charge is 0.464 e. The Morgan fingerprint density at radius 1 is 1.62 bits per heavy atom. The minimum absolute atomic E-state index is 0.166. The van der Waals surface area contributed by atoms with E-state index in [-0.39, 0.29) is 5.69 Å². The number of ether oxygens (including phenoxy) is 2. The van der Waals surface area contributed by atoms with Crippen molar-refractivity contribution in [2.24, 2.45) is 0 Å². The van der Waals surface area contributed by atoms with E-state index in [1.165, 1.54) is 7.11 Å². The van der Waals surface area contributed by atoms with Crippen molar-refractivity contribution in [1.29, 1.82) is 0 Å². The number of hydrogen-bond acceptors (Lipinski definition) is 5. The number of anilines is 1. The first-order valence-corrected chi connectivity index (χ1v) is 5.18. The van der Waals surface area contributed by atoms with E-state index in [1.54, 1.807) is 10.9 Å². The summed E-state index contributed by atoms with van der Waals surface area (Å²) in [6.07, 6.45) is 2.45. The Morgan fingerprint density at radius 2 is 2.38 bits per heavy atom. The van der Waals surface area contributed by atoms with Gasteiger partial charge in [-0.3, -0.25) is 4.68 Å². The summed E-state index contributed by atoms with van der Waals surface area (Å²) in [6.45, 7) is 3.99. The molecule has 0 aliphatic carbocycles. The number of rotatable bonds is 6. The van der Waals surface area contributed by atoms with Gasteiger partial charge in [0.15, 0.2) is 5.69 Å². The fourth-order valence-electron chi connectivity index (χ4n) is 1.28. The predicted octanol–water partition coefficient (Wildman–Crippen LogP) is 0.678. The average Bonchev–Trinajstić information content (AvgIpc) is 2.65. The molecule has 0 saturated carbocycles. The van der Waals surface area contributed by atoms with Gasteiger partial charge in [0, 0.05) is 26.0 Å². The fourth-order valence-corrected chi connectivity index (χ4v) is 1.28. The van der Waals surface area contributed by atoms with Crippen LogP contribution in [-0.4, -0.2) is 36.1 Å². The summed E-state index contributed by atoms with van der Waals surface area (Å²) in [6, 6.07) is 0. The standard InChI is InChI=1S/C10H17N3O3/c1-3-16-6-4-5-13-7-8(11)9(12-13)10(14)15-2/h7H,3-6,11H2,1-2H3. The minimum atomic E-state index is -0.513. The fraction of sp³-hybridized carbons (Fsp3) is 0.600. The molecule has 1 rings (SSSR count). The first-order valence-electron chi connectivity index (χ1n) is 5.18. The quantitative estimate of drug-likeness (QED) is 0.571. The van der Waals surface area contributed by atoms with E-state index in [4.69, 9.17) is 10.5 Å². The number of hydrogen-bond donors (Lipinski definition) is 1. The number of esters is 1. The van der Waals surface area contributed by atoms with E-state index >= 15 is 0 Å². The molecule has 0 atom stereocenters. The molecule has 0 fully saturated rings. The van der Waals surface area contributed by atoms with Crippen LogP contribution in [0.4, 0.5) is 5.69 Å².